The minimum atomic E-state index is 0.729. The molecule has 4 bridgehead atoms. The lowest BCUT2D eigenvalue weighted by atomic mass is 9.49. The van der Waals surface area contributed by atoms with E-state index in [0.717, 1.165) is 23.2 Å². The van der Waals surface area contributed by atoms with Gasteiger partial charge in [0.2, 0.25) is 0 Å². The fourth-order valence-corrected chi connectivity index (χ4v) is 6.56. The van der Waals surface area contributed by atoms with Gasteiger partial charge in [-0.15, -0.1) is 0 Å². The second-order valence-corrected chi connectivity index (χ2v) is 8.40. The Bertz CT molecular complexity index is 430. The van der Waals surface area contributed by atoms with E-state index >= 15 is 0 Å². The summed E-state index contributed by atoms with van der Waals surface area (Å²) in [5.41, 5.74) is 0.729. The average Bonchev–Trinajstić information content (AvgIpc) is 2.73. The number of thioether (sulfide) groups is 1. The Morgan fingerprint density at radius 2 is 1.84 bits per heavy atom. The van der Waals surface area contributed by atoms with E-state index in [4.69, 9.17) is 0 Å². The Morgan fingerprint density at radius 1 is 1.21 bits per heavy atom. The molecule has 4 saturated carbocycles. The lowest BCUT2D eigenvalue weighted by molar-refractivity contribution is -0.0538. The predicted molar refractivity (Wildman–Crippen MR) is 79.2 cm³/mol. The lowest BCUT2D eigenvalue weighted by Crippen LogP contribution is -2.46. The molecular weight excluding hydrogens is 252 g/mol. The van der Waals surface area contributed by atoms with Gasteiger partial charge in [0.15, 0.2) is 5.16 Å². The van der Waals surface area contributed by atoms with Crippen LogP contribution < -0.4 is 0 Å². The highest BCUT2D eigenvalue weighted by molar-refractivity contribution is 7.99. The highest BCUT2D eigenvalue weighted by Crippen LogP contribution is 2.61. The van der Waals surface area contributed by atoms with Gasteiger partial charge in [-0.3, -0.25) is 0 Å². The summed E-state index contributed by atoms with van der Waals surface area (Å²) < 4.78 is 2.14. The number of hydrogen-bond acceptors (Lipinski definition) is 2. The molecular formula is C16H24N2S. The molecule has 0 spiro atoms. The van der Waals surface area contributed by atoms with Crippen molar-refractivity contribution < 1.29 is 0 Å². The lowest BCUT2D eigenvalue weighted by Gasteiger charge is -2.57. The fourth-order valence-electron chi connectivity index (χ4n) is 5.45. The second-order valence-electron chi connectivity index (χ2n) is 7.34. The van der Waals surface area contributed by atoms with Crippen LogP contribution in [-0.4, -0.2) is 15.3 Å². The molecule has 0 radical (unpaired) electrons. The van der Waals surface area contributed by atoms with Gasteiger partial charge in [-0.05, 0) is 68.1 Å². The standard InChI is InChI=1S/C16H24N2S/c1-18-4-3-17-15(18)19-5-2-16-9-12-6-13(10-16)8-14(7-12)11-16/h3-4,12-14H,2,5-11H2,1H3. The summed E-state index contributed by atoms with van der Waals surface area (Å²) in [6.07, 6.45) is 14.7. The van der Waals surface area contributed by atoms with Gasteiger partial charge in [0.1, 0.15) is 0 Å². The van der Waals surface area contributed by atoms with E-state index in [-0.39, 0.29) is 0 Å². The van der Waals surface area contributed by atoms with Crippen molar-refractivity contribution in [1.29, 1.82) is 0 Å². The quantitative estimate of drug-likeness (QED) is 0.770. The molecule has 0 atom stereocenters. The van der Waals surface area contributed by atoms with Gasteiger partial charge in [-0.25, -0.2) is 4.98 Å². The number of hydrogen-bond donors (Lipinski definition) is 0. The first-order valence-electron chi connectivity index (χ1n) is 7.83. The Kier molecular flexibility index (Phi) is 2.94. The monoisotopic (exact) mass is 276 g/mol. The summed E-state index contributed by atoms with van der Waals surface area (Å²) >= 11 is 1.95. The van der Waals surface area contributed by atoms with Crippen LogP contribution >= 0.6 is 11.8 Å². The van der Waals surface area contributed by atoms with E-state index in [2.05, 4.69) is 16.6 Å². The second kappa shape index (κ2) is 4.54. The zero-order chi connectivity index (χ0) is 12.9. The van der Waals surface area contributed by atoms with Gasteiger partial charge in [0.25, 0.3) is 0 Å². The van der Waals surface area contributed by atoms with E-state index in [0.29, 0.717) is 0 Å². The fraction of sp³-hybridized carbons (Fsp3) is 0.812. The minimum absolute atomic E-state index is 0.729. The maximum Gasteiger partial charge on any atom is 0.167 e. The van der Waals surface area contributed by atoms with Crippen molar-refractivity contribution in [2.75, 3.05) is 5.75 Å². The van der Waals surface area contributed by atoms with Gasteiger partial charge >= 0.3 is 0 Å². The first-order valence-corrected chi connectivity index (χ1v) is 8.81. The number of aryl methyl sites for hydroxylation is 1. The van der Waals surface area contributed by atoms with Crippen LogP contribution in [-0.2, 0) is 7.05 Å². The molecule has 0 aromatic carbocycles. The first kappa shape index (κ1) is 12.3. The van der Waals surface area contributed by atoms with Gasteiger partial charge < -0.3 is 4.57 Å². The smallest absolute Gasteiger partial charge is 0.167 e. The largest absolute Gasteiger partial charge is 0.329 e. The van der Waals surface area contributed by atoms with Gasteiger partial charge in [-0.2, -0.15) is 0 Å². The van der Waals surface area contributed by atoms with Gasteiger partial charge in [-0.1, -0.05) is 11.8 Å². The summed E-state index contributed by atoms with van der Waals surface area (Å²) in [6.45, 7) is 0. The van der Waals surface area contributed by atoms with Crippen LogP contribution in [0.4, 0.5) is 0 Å². The Hall–Kier alpha value is -0.440. The summed E-state index contributed by atoms with van der Waals surface area (Å²) in [4.78, 5) is 4.43. The van der Waals surface area contributed by atoms with Crippen molar-refractivity contribution in [3.8, 4) is 0 Å². The first-order chi connectivity index (χ1) is 9.22. The molecule has 4 fully saturated rings. The zero-order valence-corrected chi connectivity index (χ0v) is 12.7. The third-order valence-corrected chi connectivity index (χ3v) is 6.87. The van der Waals surface area contributed by atoms with E-state index in [1.54, 1.807) is 38.5 Å². The van der Waals surface area contributed by atoms with Crippen LogP contribution in [0.1, 0.15) is 44.9 Å². The molecule has 3 heteroatoms. The van der Waals surface area contributed by atoms with Crippen LogP contribution in [0.3, 0.4) is 0 Å². The normalized spacial score (nSPS) is 39.9. The van der Waals surface area contributed by atoms with E-state index in [1.165, 1.54) is 17.3 Å². The zero-order valence-electron chi connectivity index (χ0n) is 11.8. The van der Waals surface area contributed by atoms with Crippen LogP contribution in [0.2, 0.25) is 0 Å². The van der Waals surface area contributed by atoms with Crippen molar-refractivity contribution in [2.45, 2.75) is 50.1 Å². The third kappa shape index (κ3) is 2.24. The number of rotatable bonds is 4. The van der Waals surface area contributed by atoms with Crippen LogP contribution in [0.25, 0.3) is 0 Å². The highest BCUT2D eigenvalue weighted by Gasteiger charge is 2.50. The molecule has 4 aliphatic carbocycles. The van der Waals surface area contributed by atoms with E-state index in [1.807, 2.05) is 24.2 Å². The summed E-state index contributed by atoms with van der Waals surface area (Å²) in [6, 6.07) is 0. The molecule has 0 N–H and O–H groups in total. The molecule has 4 aliphatic rings. The Labute approximate surface area is 120 Å². The van der Waals surface area contributed by atoms with E-state index < -0.39 is 0 Å². The molecule has 1 aromatic rings. The van der Waals surface area contributed by atoms with Gasteiger partial charge in [0, 0.05) is 25.2 Å². The van der Waals surface area contributed by atoms with Crippen molar-refractivity contribution in [3.63, 3.8) is 0 Å². The number of nitrogens with zero attached hydrogens (tertiary/aromatic N) is 2. The third-order valence-electron chi connectivity index (χ3n) is 5.81. The molecule has 2 nitrogen and oxygen atoms in total. The molecule has 104 valence electrons. The van der Waals surface area contributed by atoms with Crippen LogP contribution in [0.5, 0.6) is 0 Å². The molecule has 0 saturated heterocycles. The molecule has 0 aliphatic heterocycles. The molecule has 1 aromatic heterocycles. The topological polar surface area (TPSA) is 17.8 Å². The number of aromatic nitrogens is 2. The SMILES string of the molecule is Cn1ccnc1SCCC12CC3CC(CC(C3)C1)C2. The molecule has 0 unspecified atom stereocenters. The van der Waals surface area contributed by atoms with Crippen LogP contribution in [0.15, 0.2) is 17.6 Å². The highest BCUT2D eigenvalue weighted by atomic mass is 32.2. The van der Waals surface area contributed by atoms with Crippen molar-refractivity contribution >= 4 is 11.8 Å². The van der Waals surface area contributed by atoms with Crippen molar-refractivity contribution in [1.82, 2.24) is 9.55 Å². The molecule has 19 heavy (non-hydrogen) atoms. The van der Waals surface area contributed by atoms with Crippen molar-refractivity contribution in [3.05, 3.63) is 12.4 Å². The average molecular weight is 276 g/mol. The maximum atomic E-state index is 4.43. The summed E-state index contributed by atoms with van der Waals surface area (Å²) in [5.74, 6) is 4.52. The Morgan fingerprint density at radius 3 is 2.37 bits per heavy atom. The molecule has 5 rings (SSSR count). The minimum Gasteiger partial charge on any atom is -0.329 e. The maximum absolute atomic E-state index is 4.43. The van der Waals surface area contributed by atoms with Crippen LogP contribution in [0, 0.1) is 23.2 Å². The van der Waals surface area contributed by atoms with Crippen molar-refractivity contribution in [2.24, 2.45) is 30.2 Å². The molecule has 0 amide bonds. The molecule has 1 heterocycles. The summed E-state index contributed by atoms with van der Waals surface area (Å²) in [7, 11) is 2.10. The predicted octanol–water partition coefficient (Wildman–Crippen LogP) is 4.12. The Balaban J connectivity index is 1.39. The van der Waals surface area contributed by atoms with Gasteiger partial charge in [0.05, 0.1) is 0 Å². The number of imidazole rings is 1. The summed E-state index contributed by atoms with van der Waals surface area (Å²) in [5, 5.41) is 1.18. The van der Waals surface area contributed by atoms with E-state index in [9.17, 15) is 0 Å².